The molecule has 2 N–H and O–H groups in total. The number of hydrogen-bond acceptors (Lipinski definition) is 6. The van der Waals surface area contributed by atoms with Crippen LogP contribution in [0.15, 0.2) is 71.9 Å². The van der Waals surface area contributed by atoms with Crippen LogP contribution < -0.4 is 10.6 Å². The Labute approximate surface area is 190 Å². The van der Waals surface area contributed by atoms with Crippen molar-refractivity contribution in [3.8, 4) is 0 Å². The molecule has 32 heavy (non-hydrogen) atoms. The van der Waals surface area contributed by atoms with Crippen molar-refractivity contribution in [1.29, 1.82) is 0 Å². The van der Waals surface area contributed by atoms with Crippen molar-refractivity contribution in [3.05, 3.63) is 83.6 Å². The van der Waals surface area contributed by atoms with Crippen LogP contribution in [0.3, 0.4) is 0 Å². The van der Waals surface area contributed by atoms with Crippen LogP contribution in [-0.4, -0.2) is 35.1 Å². The fourth-order valence-corrected chi connectivity index (χ4v) is 3.59. The summed E-state index contributed by atoms with van der Waals surface area (Å²) in [5.74, 6) is -1.27. The number of esters is 1. The highest BCUT2D eigenvalue weighted by Crippen LogP contribution is 2.22. The van der Waals surface area contributed by atoms with Gasteiger partial charge < -0.3 is 15.4 Å². The van der Waals surface area contributed by atoms with Crippen LogP contribution in [0.2, 0.25) is 0 Å². The van der Waals surface area contributed by atoms with E-state index in [-0.39, 0.29) is 17.2 Å². The third-order valence-electron chi connectivity index (χ3n) is 4.50. The standard InChI is InChI=1S/C24H23N3O4S/c1-16-8-3-5-11-19(16)26-21(28)14-31-24(30)18-10-7-13-25-23(18)32-15-22(29)27-20-12-6-4-9-17(20)2/h3-13H,14-15H2,1-2H3,(H,26,28)(H,27,29). The SMILES string of the molecule is Cc1ccccc1NC(=O)COC(=O)c1cccnc1SCC(=O)Nc1ccccc1C. The van der Waals surface area contributed by atoms with E-state index in [1.807, 2.05) is 56.3 Å². The summed E-state index contributed by atoms with van der Waals surface area (Å²) in [6.45, 7) is 3.35. The molecular formula is C24H23N3O4S. The first-order valence-electron chi connectivity index (χ1n) is 9.90. The van der Waals surface area contributed by atoms with Crippen molar-refractivity contribution < 1.29 is 19.1 Å². The normalized spacial score (nSPS) is 10.3. The summed E-state index contributed by atoms with van der Waals surface area (Å²) in [5.41, 5.74) is 3.45. The molecule has 164 valence electrons. The van der Waals surface area contributed by atoms with Crippen LogP contribution in [0.1, 0.15) is 21.5 Å². The second-order valence-electron chi connectivity index (χ2n) is 6.95. The molecule has 1 aromatic heterocycles. The largest absolute Gasteiger partial charge is 0.452 e. The van der Waals surface area contributed by atoms with Gasteiger partial charge in [-0.25, -0.2) is 9.78 Å². The number of benzene rings is 2. The summed E-state index contributed by atoms with van der Waals surface area (Å²) in [4.78, 5) is 41.1. The molecule has 0 aliphatic carbocycles. The second kappa shape index (κ2) is 11.1. The molecule has 0 unspecified atom stereocenters. The molecule has 7 nitrogen and oxygen atoms in total. The average Bonchev–Trinajstić information content (AvgIpc) is 2.79. The Morgan fingerprint density at radius 2 is 1.44 bits per heavy atom. The number of hydrogen-bond donors (Lipinski definition) is 2. The lowest BCUT2D eigenvalue weighted by atomic mass is 10.2. The van der Waals surface area contributed by atoms with Gasteiger partial charge in [0.1, 0.15) is 5.03 Å². The summed E-state index contributed by atoms with van der Waals surface area (Å²) in [6.07, 6.45) is 1.53. The summed E-state index contributed by atoms with van der Waals surface area (Å²) < 4.78 is 5.16. The van der Waals surface area contributed by atoms with Gasteiger partial charge in [0, 0.05) is 17.6 Å². The molecule has 2 amide bonds. The molecule has 0 saturated heterocycles. The van der Waals surface area contributed by atoms with Gasteiger partial charge in [-0.05, 0) is 49.2 Å². The molecule has 0 saturated carbocycles. The number of nitrogens with one attached hydrogen (secondary N) is 2. The third-order valence-corrected chi connectivity index (χ3v) is 5.51. The van der Waals surface area contributed by atoms with Gasteiger partial charge in [-0.1, -0.05) is 48.2 Å². The van der Waals surface area contributed by atoms with Gasteiger partial charge in [0.15, 0.2) is 6.61 Å². The lowest BCUT2D eigenvalue weighted by Gasteiger charge is -2.11. The predicted octanol–water partition coefficient (Wildman–Crippen LogP) is 4.22. The molecule has 3 aromatic rings. The maximum absolute atomic E-state index is 12.5. The highest BCUT2D eigenvalue weighted by Gasteiger charge is 2.17. The Morgan fingerprint density at radius 3 is 2.06 bits per heavy atom. The number of aromatic nitrogens is 1. The van der Waals surface area contributed by atoms with Crippen LogP contribution >= 0.6 is 11.8 Å². The predicted molar refractivity (Wildman–Crippen MR) is 125 cm³/mol. The first-order chi connectivity index (χ1) is 15.4. The summed E-state index contributed by atoms with van der Waals surface area (Å²) in [6, 6.07) is 17.9. The Hall–Kier alpha value is -3.65. The third kappa shape index (κ3) is 6.42. The number of carbonyl (C=O) groups is 3. The van der Waals surface area contributed by atoms with Crippen molar-refractivity contribution in [1.82, 2.24) is 4.98 Å². The van der Waals surface area contributed by atoms with Crippen LogP contribution in [0.5, 0.6) is 0 Å². The van der Waals surface area contributed by atoms with E-state index in [0.717, 1.165) is 28.6 Å². The molecule has 0 atom stereocenters. The van der Waals surface area contributed by atoms with Gasteiger partial charge in [0.25, 0.3) is 5.91 Å². The molecule has 0 aliphatic heterocycles. The first-order valence-corrected chi connectivity index (χ1v) is 10.9. The number of ether oxygens (including phenoxy) is 1. The monoisotopic (exact) mass is 449 g/mol. The van der Waals surface area contributed by atoms with Crippen molar-refractivity contribution in [2.75, 3.05) is 23.0 Å². The zero-order valence-electron chi connectivity index (χ0n) is 17.8. The van der Waals surface area contributed by atoms with E-state index >= 15 is 0 Å². The quantitative estimate of drug-likeness (QED) is 0.395. The Bertz CT molecular complexity index is 1130. The number of aryl methyl sites for hydroxylation is 2. The van der Waals surface area contributed by atoms with Gasteiger partial charge in [0.05, 0.1) is 11.3 Å². The van der Waals surface area contributed by atoms with Crippen molar-refractivity contribution in [3.63, 3.8) is 0 Å². The molecule has 1 heterocycles. The lowest BCUT2D eigenvalue weighted by molar-refractivity contribution is -0.119. The number of nitrogens with zero attached hydrogens (tertiary/aromatic N) is 1. The van der Waals surface area contributed by atoms with Gasteiger partial charge in [-0.2, -0.15) is 0 Å². The van der Waals surface area contributed by atoms with Crippen LogP contribution in [0, 0.1) is 13.8 Å². The minimum Gasteiger partial charge on any atom is -0.452 e. The number of pyridine rings is 1. The van der Waals surface area contributed by atoms with Crippen molar-refractivity contribution in [2.24, 2.45) is 0 Å². The Morgan fingerprint density at radius 1 is 0.844 bits per heavy atom. The smallest absolute Gasteiger partial charge is 0.341 e. The van der Waals surface area contributed by atoms with E-state index in [0.29, 0.717) is 10.7 Å². The van der Waals surface area contributed by atoms with Crippen LogP contribution in [0.25, 0.3) is 0 Å². The zero-order chi connectivity index (χ0) is 22.9. The lowest BCUT2D eigenvalue weighted by Crippen LogP contribution is -2.21. The van der Waals surface area contributed by atoms with Gasteiger partial charge in [-0.3, -0.25) is 9.59 Å². The topological polar surface area (TPSA) is 97.4 Å². The molecule has 0 bridgehead atoms. The van der Waals surface area contributed by atoms with Gasteiger partial charge >= 0.3 is 5.97 Å². The van der Waals surface area contributed by atoms with E-state index in [9.17, 15) is 14.4 Å². The molecule has 0 radical (unpaired) electrons. The van der Waals surface area contributed by atoms with E-state index in [1.54, 1.807) is 18.2 Å². The molecule has 0 aliphatic rings. The summed E-state index contributed by atoms with van der Waals surface area (Å²) in [5, 5.41) is 5.91. The maximum Gasteiger partial charge on any atom is 0.341 e. The highest BCUT2D eigenvalue weighted by molar-refractivity contribution is 8.00. The Balaban J connectivity index is 1.55. The van der Waals surface area contributed by atoms with E-state index in [1.165, 1.54) is 6.20 Å². The van der Waals surface area contributed by atoms with Gasteiger partial charge in [0.2, 0.25) is 5.91 Å². The minimum atomic E-state index is -0.681. The first kappa shape index (κ1) is 23.0. The number of amides is 2. The molecule has 2 aromatic carbocycles. The molecule has 0 fully saturated rings. The number of anilines is 2. The average molecular weight is 450 g/mol. The number of thioether (sulfide) groups is 1. The summed E-state index contributed by atoms with van der Waals surface area (Å²) in [7, 11) is 0. The van der Waals surface area contributed by atoms with E-state index in [4.69, 9.17) is 4.74 Å². The number of carbonyl (C=O) groups excluding carboxylic acids is 3. The maximum atomic E-state index is 12.5. The number of para-hydroxylation sites is 2. The van der Waals surface area contributed by atoms with E-state index in [2.05, 4.69) is 15.6 Å². The van der Waals surface area contributed by atoms with Crippen LogP contribution in [0.4, 0.5) is 11.4 Å². The molecule has 3 rings (SSSR count). The fourth-order valence-electron chi connectivity index (χ4n) is 2.80. The molecular weight excluding hydrogens is 426 g/mol. The number of rotatable bonds is 8. The highest BCUT2D eigenvalue weighted by atomic mass is 32.2. The molecule has 8 heteroatoms. The summed E-state index contributed by atoms with van der Waals surface area (Å²) >= 11 is 1.12. The van der Waals surface area contributed by atoms with E-state index < -0.39 is 18.5 Å². The van der Waals surface area contributed by atoms with Crippen LogP contribution in [-0.2, 0) is 14.3 Å². The molecule has 0 spiro atoms. The zero-order valence-corrected chi connectivity index (χ0v) is 18.6. The second-order valence-corrected chi connectivity index (χ2v) is 7.91. The van der Waals surface area contributed by atoms with Crippen molar-refractivity contribution in [2.45, 2.75) is 18.9 Å². The van der Waals surface area contributed by atoms with Gasteiger partial charge in [-0.15, -0.1) is 0 Å². The van der Waals surface area contributed by atoms with Crippen molar-refractivity contribution >= 4 is 40.9 Å². The fraction of sp³-hybridized carbons (Fsp3) is 0.167. The Kier molecular flexibility index (Phi) is 7.99. The minimum absolute atomic E-state index is 0.0688.